The third-order valence-electron chi connectivity index (χ3n) is 4.58. The number of Topliss-reactive ketones (excluding diaryl/α,β-unsaturated/α-hetero) is 1. The highest BCUT2D eigenvalue weighted by Gasteiger charge is 2.50. The highest BCUT2D eigenvalue weighted by atomic mass is 35.5. The first-order valence-electron chi connectivity index (χ1n) is 7.30. The van der Waals surface area contributed by atoms with Gasteiger partial charge in [0, 0.05) is 10.9 Å². The fourth-order valence-electron chi connectivity index (χ4n) is 3.02. The van der Waals surface area contributed by atoms with Crippen LogP contribution in [0.4, 0.5) is 0 Å². The summed E-state index contributed by atoms with van der Waals surface area (Å²) in [4.78, 5) is 28.2. The maximum Gasteiger partial charge on any atom is 0.335 e. The summed E-state index contributed by atoms with van der Waals surface area (Å²) in [7, 11) is 0. The third-order valence-corrected chi connectivity index (χ3v) is 4.81. The topological polar surface area (TPSA) is 55.7 Å². The maximum absolute atomic E-state index is 11.8. The van der Waals surface area contributed by atoms with E-state index in [1.165, 1.54) is 6.21 Å². The molecule has 0 saturated heterocycles. The van der Waals surface area contributed by atoms with Crippen LogP contribution in [0.3, 0.4) is 0 Å². The van der Waals surface area contributed by atoms with Crippen molar-refractivity contribution in [2.45, 2.75) is 33.6 Å². The Bertz CT molecular complexity index is 610. The quantitative estimate of drug-likeness (QED) is 0.470. The molecular weight excluding hydrogens is 302 g/mol. The first-order valence-corrected chi connectivity index (χ1v) is 7.67. The van der Waals surface area contributed by atoms with E-state index in [0.717, 1.165) is 12.0 Å². The molecule has 5 heteroatoms. The predicted molar refractivity (Wildman–Crippen MR) is 85.8 cm³/mol. The summed E-state index contributed by atoms with van der Waals surface area (Å²) in [6, 6.07) is 7.10. The number of halogens is 1. The number of ketones is 1. The molecule has 4 nitrogen and oxygen atoms in total. The Hall–Kier alpha value is -1.68. The summed E-state index contributed by atoms with van der Waals surface area (Å²) in [5.41, 5.74) is 0.613. The van der Waals surface area contributed by atoms with E-state index in [9.17, 15) is 9.59 Å². The third kappa shape index (κ3) is 3.74. The summed E-state index contributed by atoms with van der Waals surface area (Å²) in [6.07, 6.45) is 2.48. The molecule has 0 N–H and O–H groups in total. The first-order chi connectivity index (χ1) is 10.3. The molecule has 0 unspecified atom stereocenters. The van der Waals surface area contributed by atoms with Crippen molar-refractivity contribution in [3.8, 4) is 0 Å². The molecule has 2 atom stereocenters. The van der Waals surface area contributed by atoms with Crippen LogP contribution >= 0.6 is 11.6 Å². The minimum Gasteiger partial charge on any atom is -0.318 e. The van der Waals surface area contributed by atoms with E-state index in [1.54, 1.807) is 25.1 Å². The van der Waals surface area contributed by atoms with E-state index < -0.39 is 0 Å². The molecule has 1 aliphatic rings. The van der Waals surface area contributed by atoms with Crippen LogP contribution in [-0.2, 0) is 14.4 Å². The minimum atomic E-state index is -0.377. The number of benzene rings is 1. The average molecular weight is 322 g/mol. The van der Waals surface area contributed by atoms with Crippen LogP contribution in [-0.4, -0.2) is 18.0 Å². The van der Waals surface area contributed by atoms with Crippen molar-refractivity contribution < 1.29 is 14.4 Å². The van der Waals surface area contributed by atoms with E-state index in [-0.39, 0.29) is 35.4 Å². The second-order valence-corrected chi connectivity index (χ2v) is 6.81. The van der Waals surface area contributed by atoms with Crippen molar-refractivity contribution in [2.75, 3.05) is 0 Å². The van der Waals surface area contributed by atoms with Gasteiger partial charge >= 0.3 is 5.97 Å². The zero-order valence-electron chi connectivity index (χ0n) is 13.0. The lowest BCUT2D eigenvalue weighted by molar-refractivity contribution is -0.153. The van der Waals surface area contributed by atoms with Crippen molar-refractivity contribution in [2.24, 2.45) is 22.4 Å². The van der Waals surface area contributed by atoms with Crippen molar-refractivity contribution in [1.82, 2.24) is 0 Å². The van der Waals surface area contributed by atoms with Crippen LogP contribution in [0.1, 0.15) is 39.2 Å². The minimum absolute atomic E-state index is 0.0419. The van der Waals surface area contributed by atoms with Gasteiger partial charge in [-0.1, -0.05) is 42.7 Å². The summed E-state index contributed by atoms with van der Waals surface area (Å²) >= 11 is 5.86. The normalized spacial score (nSPS) is 23.1. The van der Waals surface area contributed by atoms with E-state index in [4.69, 9.17) is 16.4 Å². The van der Waals surface area contributed by atoms with E-state index >= 15 is 0 Å². The molecule has 1 fully saturated rings. The fraction of sp³-hybridized carbons (Fsp3) is 0.471. The second-order valence-electron chi connectivity index (χ2n) is 6.37. The molecule has 1 aliphatic carbocycles. The van der Waals surface area contributed by atoms with Gasteiger partial charge in [0.25, 0.3) is 0 Å². The average Bonchev–Trinajstić information content (AvgIpc) is 2.42. The Labute approximate surface area is 135 Å². The van der Waals surface area contributed by atoms with Gasteiger partial charge in [0.2, 0.25) is 0 Å². The zero-order chi connectivity index (χ0) is 16.3. The Balaban J connectivity index is 1.83. The Morgan fingerprint density at radius 1 is 1.45 bits per heavy atom. The van der Waals surface area contributed by atoms with Gasteiger partial charge in [0.1, 0.15) is 5.78 Å². The Morgan fingerprint density at radius 3 is 2.77 bits per heavy atom. The lowest BCUT2D eigenvalue weighted by Crippen LogP contribution is -2.48. The molecule has 0 radical (unpaired) electrons. The van der Waals surface area contributed by atoms with E-state index in [1.807, 2.05) is 19.9 Å². The summed E-state index contributed by atoms with van der Waals surface area (Å²) < 4.78 is 0. The Kier molecular flexibility index (Phi) is 5.01. The molecule has 22 heavy (non-hydrogen) atoms. The van der Waals surface area contributed by atoms with Gasteiger partial charge in [-0.25, -0.2) is 4.79 Å². The maximum atomic E-state index is 11.8. The lowest BCUT2D eigenvalue weighted by Gasteiger charge is -2.50. The van der Waals surface area contributed by atoms with Crippen LogP contribution < -0.4 is 0 Å². The summed E-state index contributed by atoms with van der Waals surface area (Å²) in [5.74, 6) is 0.0162. The molecule has 0 spiro atoms. The van der Waals surface area contributed by atoms with Crippen LogP contribution in [0, 0.1) is 17.3 Å². The summed E-state index contributed by atoms with van der Waals surface area (Å²) in [6.45, 7) is 5.65. The highest BCUT2D eigenvalue weighted by molar-refractivity contribution is 6.30. The molecule has 1 aromatic rings. The van der Waals surface area contributed by atoms with Gasteiger partial charge in [-0.05, 0) is 42.4 Å². The van der Waals surface area contributed by atoms with Crippen molar-refractivity contribution in [1.29, 1.82) is 0 Å². The van der Waals surface area contributed by atoms with Gasteiger partial charge in [0.15, 0.2) is 0 Å². The number of carbonyl (C=O) groups is 2. The molecule has 1 aromatic carbocycles. The van der Waals surface area contributed by atoms with Gasteiger partial charge in [-0.15, -0.1) is 0 Å². The Morgan fingerprint density at radius 2 is 2.18 bits per heavy atom. The molecular formula is C17H20ClNO3. The highest BCUT2D eigenvalue weighted by Crippen LogP contribution is 2.53. The van der Waals surface area contributed by atoms with Crippen LogP contribution in [0.15, 0.2) is 29.4 Å². The van der Waals surface area contributed by atoms with Crippen molar-refractivity contribution in [3.05, 3.63) is 34.9 Å². The molecule has 0 heterocycles. The number of nitrogens with zero attached hydrogens (tertiary/aromatic N) is 1. The smallest absolute Gasteiger partial charge is 0.318 e. The number of oxime groups is 1. The first kappa shape index (κ1) is 16.7. The molecule has 1 saturated carbocycles. The largest absolute Gasteiger partial charge is 0.335 e. The van der Waals surface area contributed by atoms with Crippen LogP contribution in [0.2, 0.25) is 5.02 Å². The monoisotopic (exact) mass is 321 g/mol. The number of hydrogen-bond donors (Lipinski definition) is 0. The van der Waals surface area contributed by atoms with Crippen molar-refractivity contribution >= 4 is 29.6 Å². The second kappa shape index (κ2) is 6.61. The van der Waals surface area contributed by atoms with Crippen LogP contribution in [0.25, 0.3) is 0 Å². The molecule has 0 aromatic heterocycles. The number of hydrogen-bond acceptors (Lipinski definition) is 4. The van der Waals surface area contributed by atoms with E-state index in [0.29, 0.717) is 5.02 Å². The van der Waals surface area contributed by atoms with Gasteiger partial charge in [0.05, 0.1) is 12.6 Å². The molecule has 0 amide bonds. The van der Waals surface area contributed by atoms with Gasteiger partial charge in [-0.3, -0.25) is 4.79 Å². The number of rotatable bonds is 5. The molecule has 118 valence electrons. The fourth-order valence-corrected chi connectivity index (χ4v) is 3.22. The van der Waals surface area contributed by atoms with Crippen LogP contribution in [0.5, 0.6) is 0 Å². The van der Waals surface area contributed by atoms with Gasteiger partial charge < -0.3 is 4.84 Å². The lowest BCUT2D eigenvalue weighted by atomic mass is 9.53. The molecule has 2 rings (SSSR count). The number of carbonyl (C=O) groups excluding carboxylic acids is 2. The summed E-state index contributed by atoms with van der Waals surface area (Å²) in [5, 5.41) is 4.29. The van der Waals surface area contributed by atoms with Crippen molar-refractivity contribution in [3.63, 3.8) is 0 Å². The zero-order valence-corrected chi connectivity index (χ0v) is 13.8. The van der Waals surface area contributed by atoms with E-state index in [2.05, 4.69) is 5.16 Å². The molecule has 0 bridgehead atoms. The standard InChI is InChI=1S/C17H20ClNO3/c1-11(20)15-8-13(17(15,2)3)9-16(21)22-19-10-12-5-4-6-14(18)7-12/h4-7,10,13,15H,8-9H2,1-3H3/t13-,15+/m0/s1. The predicted octanol–water partition coefficient (Wildman–Crippen LogP) is 3.86. The molecule has 0 aliphatic heterocycles. The SMILES string of the molecule is CC(=O)[C@H]1C[C@@H](CC(=O)ON=Cc2cccc(Cl)c2)C1(C)C. The van der Waals surface area contributed by atoms with Gasteiger partial charge in [-0.2, -0.15) is 0 Å².